The topological polar surface area (TPSA) is 235 Å². The van der Waals surface area contributed by atoms with Crippen LogP contribution in [0, 0.1) is 23.3 Å². The number of hydrogen-bond donors (Lipinski definition) is 7. The Labute approximate surface area is 290 Å². The van der Waals surface area contributed by atoms with Crippen LogP contribution in [0.1, 0.15) is 74.4 Å². The molecule has 1 fully saturated rings. The number of aromatic hydroxyl groups is 2. The summed E-state index contributed by atoms with van der Waals surface area (Å²) in [5.74, 6) is -11.9. The van der Waals surface area contributed by atoms with Crippen molar-refractivity contribution < 1.29 is 76.5 Å². The van der Waals surface area contributed by atoms with E-state index in [0.717, 1.165) is 0 Å². The highest BCUT2D eigenvalue weighted by molar-refractivity contribution is 6.30. The molecular weight excluding hydrogens is 704 g/mol. The van der Waals surface area contributed by atoms with Crippen LogP contribution in [0.4, 0.5) is 28.0 Å². The standard InChI is InChI=1S/C34H30F4N2O12/c1-11-28(43)16(40-33(48)50-10-15-23(35)25(37)27(39)26(38)24(15)36)6-19(51-11)52-17-8-34(49,18(42)9-41)7-14-20(17)32(47)22-21(31(14)46)29(44)12-4-2-3-5-13(12)30(22)45/h2-5,11,16-17,19,28,41,43,46-47,49H,6-10,39H2,1H3,(H,40,48)/t11-,16-,17-,19-,28+,34-/m0/s1. The number of aliphatic hydroxyl groups is 3. The minimum absolute atomic E-state index is 0.0636. The van der Waals surface area contributed by atoms with Gasteiger partial charge in [0.1, 0.15) is 42.1 Å². The van der Waals surface area contributed by atoms with Crippen molar-refractivity contribution in [3.63, 3.8) is 0 Å². The number of halogens is 4. The number of fused-ring (bicyclic) bond motifs is 3. The van der Waals surface area contributed by atoms with Crippen LogP contribution in [0.5, 0.6) is 11.5 Å². The molecule has 6 rings (SSSR count). The van der Waals surface area contributed by atoms with E-state index in [1.54, 1.807) is 0 Å². The van der Waals surface area contributed by atoms with Crippen molar-refractivity contribution in [3.8, 4) is 11.5 Å². The SMILES string of the molecule is C[C@@H]1O[C@@H](O[C@H]2C[C@](O)(C(=O)CO)Cc3c(O)c4c(c(O)c32)C(=O)c2ccccc2C4=O)C[C@H](NC(=O)OCc2c(F)c(F)c(N)c(F)c2F)[C@@H]1O. The van der Waals surface area contributed by atoms with Crippen LogP contribution in [0.3, 0.4) is 0 Å². The number of ether oxygens (including phenoxy) is 3. The number of carbonyl (C=O) groups is 4. The first kappa shape index (κ1) is 36.6. The fourth-order valence-corrected chi connectivity index (χ4v) is 6.77. The van der Waals surface area contributed by atoms with Gasteiger partial charge >= 0.3 is 6.09 Å². The summed E-state index contributed by atoms with van der Waals surface area (Å²) in [5.41, 5.74) is -2.04. The zero-order valence-corrected chi connectivity index (χ0v) is 26.9. The number of nitrogens with one attached hydrogen (secondary N) is 1. The molecule has 0 saturated carbocycles. The molecule has 0 bridgehead atoms. The van der Waals surface area contributed by atoms with Gasteiger partial charge in [0.25, 0.3) is 0 Å². The maximum Gasteiger partial charge on any atom is 0.407 e. The second-order valence-electron chi connectivity index (χ2n) is 12.6. The number of phenols is 2. The molecule has 1 saturated heterocycles. The average Bonchev–Trinajstić information content (AvgIpc) is 3.11. The van der Waals surface area contributed by atoms with Gasteiger partial charge in [-0.1, -0.05) is 24.3 Å². The first-order valence-electron chi connectivity index (χ1n) is 15.7. The van der Waals surface area contributed by atoms with E-state index in [2.05, 4.69) is 5.32 Å². The van der Waals surface area contributed by atoms with Gasteiger partial charge in [0.15, 0.2) is 46.9 Å². The van der Waals surface area contributed by atoms with Crippen LogP contribution in [0.25, 0.3) is 0 Å². The third-order valence-corrected chi connectivity index (χ3v) is 9.50. The lowest BCUT2D eigenvalue weighted by molar-refractivity contribution is -0.249. The number of alkyl carbamates (subject to hydrolysis) is 1. The molecule has 6 atom stereocenters. The molecule has 3 aromatic rings. The van der Waals surface area contributed by atoms with Crippen molar-refractivity contribution in [2.75, 3.05) is 12.3 Å². The van der Waals surface area contributed by atoms with Gasteiger partial charge in [0.2, 0.25) is 0 Å². The number of hydrogen-bond acceptors (Lipinski definition) is 13. The van der Waals surface area contributed by atoms with Gasteiger partial charge in [-0.15, -0.1) is 0 Å². The number of nitrogen functional groups attached to an aromatic ring is 1. The van der Waals surface area contributed by atoms with Crippen molar-refractivity contribution >= 4 is 29.1 Å². The van der Waals surface area contributed by atoms with E-state index in [1.165, 1.54) is 31.2 Å². The highest BCUT2D eigenvalue weighted by Gasteiger charge is 2.50. The van der Waals surface area contributed by atoms with Gasteiger partial charge in [-0.2, -0.15) is 0 Å². The van der Waals surface area contributed by atoms with Crippen molar-refractivity contribution in [3.05, 3.63) is 86.5 Å². The number of Topliss-reactive ketones (excluding diaryl/α,β-unsaturated/α-hetero) is 1. The van der Waals surface area contributed by atoms with Gasteiger partial charge in [-0.05, 0) is 6.92 Å². The third kappa shape index (κ3) is 5.91. The number of carbonyl (C=O) groups excluding carboxylic acids is 4. The zero-order chi connectivity index (χ0) is 38.0. The Morgan fingerprint density at radius 1 is 1.00 bits per heavy atom. The molecule has 0 aromatic heterocycles. The van der Waals surface area contributed by atoms with Crippen molar-refractivity contribution in [2.45, 2.75) is 69.0 Å². The number of phenolic OH excluding ortho intramolecular Hbond substituents is 2. The molecule has 0 unspecified atom stereocenters. The minimum Gasteiger partial charge on any atom is -0.507 e. The Morgan fingerprint density at radius 2 is 1.58 bits per heavy atom. The van der Waals surface area contributed by atoms with Gasteiger partial charge in [-0.3, -0.25) is 14.4 Å². The van der Waals surface area contributed by atoms with E-state index in [0.29, 0.717) is 0 Å². The highest BCUT2D eigenvalue weighted by Crippen LogP contribution is 2.52. The quantitative estimate of drug-likeness (QED) is 0.0625. The summed E-state index contributed by atoms with van der Waals surface area (Å²) in [5, 5.41) is 56.9. The predicted octanol–water partition coefficient (Wildman–Crippen LogP) is 2.10. The molecule has 8 N–H and O–H groups in total. The minimum atomic E-state index is -2.43. The molecule has 1 amide bonds. The lowest BCUT2D eigenvalue weighted by Gasteiger charge is -2.42. The first-order valence-corrected chi connectivity index (χ1v) is 15.7. The summed E-state index contributed by atoms with van der Waals surface area (Å²) >= 11 is 0. The summed E-state index contributed by atoms with van der Waals surface area (Å²) in [6, 6.07) is 4.36. The number of amides is 1. The highest BCUT2D eigenvalue weighted by atomic mass is 19.2. The van der Waals surface area contributed by atoms with Crippen LogP contribution in [0.15, 0.2) is 24.3 Å². The second-order valence-corrected chi connectivity index (χ2v) is 12.6. The maximum atomic E-state index is 14.2. The second kappa shape index (κ2) is 13.4. The molecular formula is C34H30F4N2O12. The normalized spacial score (nSPS) is 25.2. The molecule has 1 aliphatic heterocycles. The van der Waals surface area contributed by atoms with E-state index < -0.39 is 149 Å². The van der Waals surface area contributed by atoms with Crippen molar-refractivity contribution in [1.82, 2.24) is 5.32 Å². The van der Waals surface area contributed by atoms with Crippen LogP contribution >= 0.6 is 0 Å². The molecule has 0 radical (unpaired) electrons. The molecule has 276 valence electrons. The zero-order valence-electron chi connectivity index (χ0n) is 26.9. The molecule has 3 aromatic carbocycles. The number of ketones is 3. The molecule has 2 aliphatic carbocycles. The van der Waals surface area contributed by atoms with Crippen molar-refractivity contribution in [2.24, 2.45) is 0 Å². The molecule has 52 heavy (non-hydrogen) atoms. The van der Waals surface area contributed by atoms with Crippen LogP contribution in [-0.2, 0) is 32.0 Å². The number of benzene rings is 3. The lowest BCUT2D eigenvalue weighted by atomic mass is 9.72. The Morgan fingerprint density at radius 3 is 2.15 bits per heavy atom. The smallest absolute Gasteiger partial charge is 0.407 e. The maximum absolute atomic E-state index is 14.2. The third-order valence-electron chi connectivity index (χ3n) is 9.50. The van der Waals surface area contributed by atoms with Gasteiger partial charge in [0.05, 0.1) is 34.9 Å². The average molecular weight is 735 g/mol. The number of aliphatic hydroxyl groups excluding tert-OH is 2. The summed E-state index contributed by atoms with van der Waals surface area (Å²) in [6.45, 7) is -1.09. The van der Waals surface area contributed by atoms with Gasteiger partial charge in [-0.25, -0.2) is 22.4 Å². The molecule has 18 heteroatoms. The Kier molecular flexibility index (Phi) is 9.47. The number of nitrogens with two attached hydrogens (primary N) is 1. The van der Waals surface area contributed by atoms with Gasteiger partial charge in [0, 0.05) is 41.5 Å². The fourth-order valence-electron chi connectivity index (χ4n) is 6.77. The Hall–Kier alpha value is -5.14. The summed E-state index contributed by atoms with van der Waals surface area (Å²) in [7, 11) is 0. The monoisotopic (exact) mass is 734 g/mol. The van der Waals surface area contributed by atoms with E-state index in [4.69, 9.17) is 19.9 Å². The Bertz CT molecular complexity index is 2010. The van der Waals surface area contributed by atoms with Crippen LogP contribution in [0.2, 0.25) is 0 Å². The largest absolute Gasteiger partial charge is 0.507 e. The molecule has 14 nitrogen and oxygen atoms in total. The molecule has 3 aliphatic rings. The van der Waals surface area contributed by atoms with Gasteiger partial charge < -0.3 is 50.8 Å². The summed E-state index contributed by atoms with van der Waals surface area (Å²) in [4.78, 5) is 52.4. The summed E-state index contributed by atoms with van der Waals surface area (Å²) in [6.07, 6.45) is -8.90. The first-order chi connectivity index (χ1) is 24.5. The number of rotatable bonds is 7. The van der Waals surface area contributed by atoms with Crippen LogP contribution in [-0.4, -0.2) is 85.7 Å². The molecule has 1 heterocycles. The van der Waals surface area contributed by atoms with Crippen LogP contribution < -0.4 is 11.1 Å². The Balaban J connectivity index is 1.29. The molecule has 0 spiro atoms. The summed E-state index contributed by atoms with van der Waals surface area (Å²) < 4.78 is 72.7. The number of anilines is 1. The fraction of sp³-hybridized carbons (Fsp3) is 0.353. The van der Waals surface area contributed by atoms with Crippen molar-refractivity contribution in [1.29, 1.82) is 0 Å². The van der Waals surface area contributed by atoms with E-state index in [-0.39, 0.29) is 22.3 Å². The lowest BCUT2D eigenvalue weighted by Crippen LogP contribution is -2.56. The van der Waals surface area contributed by atoms with E-state index in [1.807, 2.05) is 0 Å². The predicted molar refractivity (Wildman–Crippen MR) is 165 cm³/mol. The van der Waals surface area contributed by atoms with E-state index in [9.17, 15) is 62.3 Å². The van der Waals surface area contributed by atoms with E-state index >= 15 is 0 Å².